The molecular formula is C23H28N2O2. The first-order valence-corrected chi connectivity index (χ1v) is 9.45. The third-order valence-corrected chi connectivity index (χ3v) is 5.11. The van der Waals surface area contributed by atoms with Crippen molar-refractivity contribution in [3.05, 3.63) is 77.6 Å². The first kappa shape index (κ1) is 19.2. The van der Waals surface area contributed by atoms with E-state index in [-0.39, 0.29) is 0 Å². The SMILES string of the molecule is C=C(NO)C1CC1Cc1ccc(OCC2=CC(C)=NC/C2=C\C=C/C)cc1. The molecule has 2 unspecified atom stereocenters. The number of rotatable bonds is 8. The lowest BCUT2D eigenvalue weighted by molar-refractivity contribution is 0.193. The third kappa shape index (κ3) is 5.20. The number of benzene rings is 1. The van der Waals surface area contributed by atoms with Crippen LogP contribution >= 0.6 is 0 Å². The zero-order chi connectivity index (χ0) is 19.2. The van der Waals surface area contributed by atoms with Crippen LogP contribution < -0.4 is 10.2 Å². The highest BCUT2D eigenvalue weighted by Crippen LogP contribution is 2.44. The number of ether oxygens (including phenoxy) is 1. The lowest BCUT2D eigenvalue weighted by atomic mass is 10.0. The molecule has 2 atom stereocenters. The van der Waals surface area contributed by atoms with E-state index < -0.39 is 0 Å². The number of aliphatic imine (C=N–C) groups is 1. The van der Waals surface area contributed by atoms with Crippen LogP contribution in [0.25, 0.3) is 0 Å². The summed E-state index contributed by atoms with van der Waals surface area (Å²) in [6, 6.07) is 8.31. The van der Waals surface area contributed by atoms with Crippen LogP contribution in [0, 0.1) is 11.8 Å². The van der Waals surface area contributed by atoms with E-state index in [2.05, 4.69) is 41.3 Å². The summed E-state index contributed by atoms with van der Waals surface area (Å²) in [5, 5.41) is 8.93. The van der Waals surface area contributed by atoms with Gasteiger partial charge in [-0.2, -0.15) is 0 Å². The number of hydrogen-bond acceptors (Lipinski definition) is 4. The van der Waals surface area contributed by atoms with Gasteiger partial charge in [0.05, 0.1) is 6.54 Å². The fraction of sp³-hybridized carbons (Fsp3) is 0.348. The molecule has 1 heterocycles. The van der Waals surface area contributed by atoms with Crippen LogP contribution in [0.3, 0.4) is 0 Å². The molecule has 0 radical (unpaired) electrons. The highest BCUT2D eigenvalue weighted by Gasteiger charge is 2.38. The topological polar surface area (TPSA) is 53.8 Å². The van der Waals surface area contributed by atoms with Crippen molar-refractivity contribution in [3.8, 4) is 5.75 Å². The molecule has 4 nitrogen and oxygen atoms in total. The van der Waals surface area contributed by atoms with Crippen molar-refractivity contribution < 1.29 is 9.94 Å². The zero-order valence-corrected chi connectivity index (χ0v) is 16.1. The highest BCUT2D eigenvalue weighted by molar-refractivity contribution is 5.95. The molecule has 1 aromatic carbocycles. The number of allylic oxidation sites excluding steroid dienone is 5. The van der Waals surface area contributed by atoms with Crippen molar-refractivity contribution in [1.29, 1.82) is 0 Å². The molecule has 2 N–H and O–H groups in total. The number of dihydropyridines is 1. The van der Waals surface area contributed by atoms with Crippen LogP contribution in [-0.4, -0.2) is 24.1 Å². The summed E-state index contributed by atoms with van der Waals surface area (Å²) in [4.78, 5) is 4.50. The van der Waals surface area contributed by atoms with Gasteiger partial charge in [-0.15, -0.1) is 0 Å². The summed E-state index contributed by atoms with van der Waals surface area (Å²) in [6.45, 7) is 9.12. The molecule has 1 aliphatic carbocycles. The molecule has 0 amide bonds. The molecule has 1 fully saturated rings. The molecule has 1 saturated carbocycles. The molecule has 1 aromatic rings. The Morgan fingerprint density at radius 2 is 2.15 bits per heavy atom. The Morgan fingerprint density at radius 3 is 2.85 bits per heavy atom. The van der Waals surface area contributed by atoms with Gasteiger partial charge in [-0.3, -0.25) is 15.7 Å². The van der Waals surface area contributed by atoms with E-state index in [1.54, 1.807) is 0 Å². The van der Waals surface area contributed by atoms with Gasteiger partial charge in [-0.1, -0.05) is 36.9 Å². The average molecular weight is 364 g/mol. The summed E-state index contributed by atoms with van der Waals surface area (Å²) in [5.74, 6) is 1.83. The van der Waals surface area contributed by atoms with Crippen LogP contribution in [0.5, 0.6) is 5.75 Å². The van der Waals surface area contributed by atoms with Gasteiger partial charge in [-0.25, -0.2) is 0 Å². The van der Waals surface area contributed by atoms with Gasteiger partial charge in [0.15, 0.2) is 0 Å². The van der Waals surface area contributed by atoms with Gasteiger partial charge >= 0.3 is 0 Å². The van der Waals surface area contributed by atoms with Crippen LogP contribution in [-0.2, 0) is 6.42 Å². The Morgan fingerprint density at radius 1 is 1.37 bits per heavy atom. The number of hydrogen-bond donors (Lipinski definition) is 2. The molecule has 3 rings (SSSR count). The van der Waals surface area contributed by atoms with Crippen molar-refractivity contribution in [2.75, 3.05) is 13.2 Å². The first-order valence-electron chi connectivity index (χ1n) is 9.45. The fourth-order valence-corrected chi connectivity index (χ4v) is 3.38. The monoisotopic (exact) mass is 364 g/mol. The Bertz CT molecular complexity index is 800. The minimum atomic E-state index is 0.386. The zero-order valence-electron chi connectivity index (χ0n) is 16.1. The normalized spacial score (nSPS) is 23.1. The summed E-state index contributed by atoms with van der Waals surface area (Å²) in [6.07, 6.45) is 10.4. The van der Waals surface area contributed by atoms with Crippen molar-refractivity contribution >= 4 is 5.71 Å². The second kappa shape index (κ2) is 8.87. The molecule has 2 aliphatic rings. The molecule has 0 spiro atoms. The summed E-state index contributed by atoms with van der Waals surface area (Å²) < 4.78 is 6.01. The second-order valence-corrected chi connectivity index (χ2v) is 7.22. The summed E-state index contributed by atoms with van der Waals surface area (Å²) in [5.41, 5.74) is 7.62. The maximum Gasteiger partial charge on any atom is 0.119 e. The van der Waals surface area contributed by atoms with E-state index in [1.165, 1.54) is 16.7 Å². The number of nitrogens with one attached hydrogen (secondary N) is 1. The first-order chi connectivity index (χ1) is 13.1. The molecule has 1 aliphatic heterocycles. The largest absolute Gasteiger partial charge is 0.489 e. The van der Waals surface area contributed by atoms with E-state index in [9.17, 15) is 0 Å². The van der Waals surface area contributed by atoms with Crippen LogP contribution in [0.15, 0.2) is 77.0 Å². The van der Waals surface area contributed by atoms with Crippen molar-refractivity contribution in [1.82, 2.24) is 5.48 Å². The smallest absolute Gasteiger partial charge is 0.119 e. The van der Waals surface area contributed by atoms with Gasteiger partial charge in [0.2, 0.25) is 0 Å². The minimum absolute atomic E-state index is 0.386. The predicted molar refractivity (Wildman–Crippen MR) is 110 cm³/mol. The minimum Gasteiger partial charge on any atom is -0.489 e. The third-order valence-electron chi connectivity index (χ3n) is 5.11. The second-order valence-electron chi connectivity index (χ2n) is 7.22. The molecule has 27 heavy (non-hydrogen) atoms. The van der Waals surface area contributed by atoms with Crippen LogP contribution in [0.4, 0.5) is 0 Å². The molecule has 0 aromatic heterocycles. The maximum atomic E-state index is 8.93. The van der Waals surface area contributed by atoms with E-state index in [1.807, 2.05) is 38.1 Å². The molecule has 4 heteroatoms. The fourth-order valence-electron chi connectivity index (χ4n) is 3.38. The Balaban J connectivity index is 1.55. The van der Waals surface area contributed by atoms with Gasteiger partial charge < -0.3 is 4.74 Å². The molecular weight excluding hydrogens is 336 g/mol. The van der Waals surface area contributed by atoms with Crippen molar-refractivity contribution in [2.45, 2.75) is 26.7 Å². The average Bonchev–Trinajstić information content (AvgIpc) is 3.45. The van der Waals surface area contributed by atoms with Crippen molar-refractivity contribution in [2.24, 2.45) is 16.8 Å². The van der Waals surface area contributed by atoms with Gasteiger partial charge in [-0.05, 0) is 67.5 Å². The number of hydroxylamine groups is 1. The van der Waals surface area contributed by atoms with E-state index in [4.69, 9.17) is 9.94 Å². The number of nitrogens with zero attached hydrogens (tertiary/aromatic N) is 1. The Kier molecular flexibility index (Phi) is 6.30. The van der Waals surface area contributed by atoms with Crippen LogP contribution in [0.1, 0.15) is 25.8 Å². The molecule has 142 valence electrons. The quantitative estimate of drug-likeness (QED) is 0.661. The highest BCUT2D eigenvalue weighted by atomic mass is 16.5. The summed E-state index contributed by atoms with van der Waals surface area (Å²) >= 11 is 0. The maximum absolute atomic E-state index is 8.93. The van der Waals surface area contributed by atoms with Gasteiger partial charge in [0, 0.05) is 17.3 Å². The molecule has 0 bridgehead atoms. The predicted octanol–water partition coefficient (Wildman–Crippen LogP) is 4.64. The van der Waals surface area contributed by atoms with Crippen LogP contribution in [0.2, 0.25) is 0 Å². The molecule has 0 saturated heterocycles. The lowest BCUT2D eigenvalue weighted by Crippen LogP contribution is -2.11. The summed E-state index contributed by atoms with van der Waals surface area (Å²) in [7, 11) is 0. The van der Waals surface area contributed by atoms with Gasteiger partial charge in [0.1, 0.15) is 12.4 Å². The van der Waals surface area contributed by atoms with Crippen molar-refractivity contribution in [3.63, 3.8) is 0 Å². The Hall–Kier alpha value is -2.59. The van der Waals surface area contributed by atoms with E-state index in [0.717, 1.165) is 30.0 Å². The Labute approximate surface area is 161 Å². The standard InChI is InChI=1S/C23H28N2O2/c1-4-5-6-19-14-24-16(2)11-21(19)15-27-22-9-7-18(8-10-22)12-20-13-23(20)17(3)25-26/h4-11,20,23,25-26H,3,12-15H2,1-2H3/b5-4-,19-6+. The lowest BCUT2D eigenvalue weighted by Gasteiger charge is -2.16. The van der Waals surface area contributed by atoms with E-state index >= 15 is 0 Å². The van der Waals surface area contributed by atoms with E-state index in [0.29, 0.717) is 25.0 Å². The van der Waals surface area contributed by atoms with Gasteiger partial charge in [0.25, 0.3) is 0 Å².